The van der Waals surface area contributed by atoms with E-state index in [4.69, 9.17) is 18.0 Å². The molecule has 6 heteroatoms. The minimum absolute atomic E-state index is 0.0457. The molecule has 0 saturated heterocycles. The number of fused-ring (bicyclic) bond motifs is 21. The minimum atomic E-state index is -0.326. The normalized spacial score (nSPS) is 15.6. The van der Waals surface area contributed by atoms with Gasteiger partial charge in [0.15, 0.2) is 0 Å². The molecule has 6 nitrogen and oxygen atoms in total. The summed E-state index contributed by atoms with van der Waals surface area (Å²) in [6, 6.07) is 100. The van der Waals surface area contributed by atoms with Crippen molar-refractivity contribution < 1.29 is 18.0 Å². The molecule has 0 radical (unpaired) electrons. The maximum absolute atomic E-state index is 7.16. The molecule has 17 aromatic rings. The molecule has 3 aliphatic carbocycles. The highest BCUT2D eigenvalue weighted by Gasteiger charge is 2.43. The third kappa shape index (κ3) is 8.00. The smallest absolute Gasteiger partial charge is 0.137 e. The summed E-state index contributed by atoms with van der Waals surface area (Å²) in [5.41, 5.74) is 28.5. The second kappa shape index (κ2) is 20.1. The Balaban J connectivity index is 0.675. The first-order chi connectivity index (χ1) is 48.3. The summed E-state index contributed by atoms with van der Waals surface area (Å²) in [4.78, 5) is 4.88. The topological polar surface area (TPSA) is 55.1 Å². The Hall–Kier alpha value is -11.9. The van der Waals surface area contributed by atoms with Gasteiger partial charge < -0.3 is 27.8 Å². The lowest BCUT2D eigenvalue weighted by Crippen LogP contribution is -2.20. The average Bonchev–Trinajstić information content (AvgIpc) is 1.56. The summed E-state index contributed by atoms with van der Waals surface area (Å²) >= 11 is 0. The molecule has 0 N–H and O–H groups in total. The summed E-state index contributed by atoms with van der Waals surface area (Å²) < 4.78 is 27.3. The van der Waals surface area contributed by atoms with Gasteiger partial charge in [-0.3, -0.25) is 0 Å². The van der Waals surface area contributed by atoms with Gasteiger partial charge in [0.05, 0.1) is 11.4 Å². The lowest BCUT2D eigenvalue weighted by Gasteiger charge is -2.32. The van der Waals surface area contributed by atoms with Crippen molar-refractivity contribution in [2.75, 3.05) is 9.80 Å². The van der Waals surface area contributed by atoms with E-state index in [2.05, 4.69) is 312 Å². The molecule has 1 unspecified atom stereocenters. The Kier molecular flexibility index (Phi) is 11.5. The van der Waals surface area contributed by atoms with Crippen LogP contribution in [0.1, 0.15) is 92.2 Å². The Bertz CT molecular complexity index is 6290. The van der Waals surface area contributed by atoms with Gasteiger partial charge in [0, 0.05) is 90.0 Å². The monoisotopic (exact) mass is 1270 g/mol. The van der Waals surface area contributed by atoms with Crippen LogP contribution in [0.25, 0.3) is 121 Å². The van der Waals surface area contributed by atoms with Crippen molar-refractivity contribution in [1.29, 1.82) is 0 Å². The molecule has 1 aliphatic heterocycles. The van der Waals surface area contributed by atoms with Crippen molar-refractivity contribution >= 4 is 111 Å². The van der Waals surface area contributed by atoms with E-state index >= 15 is 0 Å². The van der Waals surface area contributed by atoms with Crippen LogP contribution in [0.4, 0.5) is 34.1 Å². The summed E-state index contributed by atoms with van der Waals surface area (Å²) in [5.74, 6) is 1.81. The van der Waals surface area contributed by atoms with Crippen LogP contribution in [-0.4, -0.2) is 0 Å². The molecule has 0 spiro atoms. The summed E-state index contributed by atoms with van der Waals surface area (Å²) in [6.07, 6.45) is 0.801. The number of benzene rings is 14. The van der Waals surface area contributed by atoms with Crippen LogP contribution in [0, 0.1) is 0 Å². The van der Waals surface area contributed by atoms with E-state index in [0.29, 0.717) is 0 Å². The first-order valence-electron chi connectivity index (χ1n) is 34.7. The van der Waals surface area contributed by atoms with E-state index in [1.807, 2.05) is 12.1 Å². The van der Waals surface area contributed by atoms with Crippen LogP contribution in [0.3, 0.4) is 0 Å². The largest absolute Gasteiger partial charge is 0.485 e. The van der Waals surface area contributed by atoms with Crippen molar-refractivity contribution in [3.8, 4) is 50.5 Å². The molecule has 4 heterocycles. The Labute approximate surface area is 573 Å². The van der Waals surface area contributed by atoms with Gasteiger partial charge in [0.1, 0.15) is 45.5 Å². The molecular formula is C93H66N2O4. The van der Waals surface area contributed by atoms with Crippen molar-refractivity contribution in [3.63, 3.8) is 0 Å². The minimum Gasteiger partial charge on any atom is -0.485 e. The van der Waals surface area contributed by atoms with Gasteiger partial charge in [-0.1, -0.05) is 187 Å². The predicted octanol–water partition coefficient (Wildman–Crippen LogP) is 25.7. The number of para-hydroxylation sites is 2. The average molecular weight is 1280 g/mol. The Morgan fingerprint density at radius 1 is 0.323 bits per heavy atom. The van der Waals surface area contributed by atoms with Crippen molar-refractivity contribution in [2.45, 2.75) is 70.3 Å². The summed E-state index contributed by atoms with van der Waals surface area (Å²) in [5, 5.41) is 10.5. The van der Waals surface area contributed by atoms with E-state index in [0.717, 1.165) is 118 Å². The predicted molar refractivity (Wildman–Crippen MR) is 407 cm³/mol. The zero-order chi connectivity index (χ0) is 65.9. The van der Waals surface area contributed by atoms with Crippen LogP contribution in [0.15, 0.2) is 286 Å². The number of anilines is 6. The van der Waals surface area contributed by atoms with Gasteiger partial charge in [-0.2, -0.15) is 0 Å². The Morgan fingerprint density at radius 2 is 0.808 bits per heavy atom. The van der Waals surface area contributed by atoms with Crippen molar-refractivity contribution in [3.05, 3.63) is 317 Å². The third-order valence-electron chi connectivity index (χ3n) is 22.9. The Morgan fingerprint density at radius 3 is 1.35 bits per heavy atom. The summed E-state index contributed by atoms with van der Waals surface area (Å²) in [6.45, 7) is 14.3. The van der Waals surface area contributed by atoms with Gasteiger partial charge in [0.25, 0.3) is 0 Å². The highest BCUT2D eigenvalue weighted by atomic mass is 16.5. The highest BCUT2D eigenvalue weighted by Crippen LogP contribution is 2.60. The molecule has 472 valence electrons. The van der Waals surface area contributed by atoms with Gasteiger partial charge in [-0.25, -0.2) is 0 Å². The maximum Gasteiger partial charge on any atom is 0.137 e. The fourth-order valence-electron chi connectivity index (χ4n) is 18.1. The lowest BCUT2D eigenvalue weighted by atomic mass is 9.81. The highest BCUT2D eigenvalue weighted by molar-refractivity contribution is 6.13. The molecule has 21 rings (SSSR count). The fourth-order valence-corrected chi connectivity index (χ4v) is 18.1. The molecular weight excluding hydrogens is 1210 g/mol. The number of furan rings is 3. The van der Waals surface area contributed by atoms with Crippen LogP contribution < -0.4 is 14.5 Å². The first kappa shape index (κ1) is 56.3. The summed E-state index contributed by atoms with van der Waals surface area (Å²) in [7, 11) is 0. The number of nitrogens with zero attached hydrogens (tertiary/aromatic N) is 2. The number of hydrogen-bond donors (Lipinski definition) is 0. The number of rotatable bonds is 8. The van der Waals surface area contributed by atoms with Gasteiger partial charge in [-0.15, -0.1) is 0 Å². The lowest BCUT2D eigenvalue weighted by molar-refractivity contribution is 0.239. The second-order valence-corrected chi connectivity index (χ2v) is 29.4. The molecule has 0 amide bonds. The van der Waals surface area contributed by atoms with E-state index in [1.54, 1.807) is 0 Å². The first-order valence-corrected chi connectivity index (χ1v) is 34.7. The molecule has 14 aromatic carbocycles. The molecule has 0 bridgehead atoms. The van der Waals surface area contributed by atoms with Gasteiger partial charge in [0.2, 0.25) is 0 Å². The van der Waals surface area contributed by atoms with Crippen LogP contribution in [-0.2, 0) is 22.7 Å². The zero-order valence-corrected chi connectivity index (χ0v) is 55.8. The van der Waals surface area contributed by atoms with Crippen molar-refractivity contribution in [1.82, 2.24) is 0 Å². The van der Waals surface area contributed by atoms with E-state index in [1.165, 1.54) is 93.9 Å². The molecule has 0 fully saturated rings. The molecule has 3 aromatic heterocycles. The maximum atomic E-state index is 7.16. The van der Waals surface area contributed by atoms with E-state index in [-0.39, 0.29) is 22.3 Å². The zero-order valence-electron chi connectivity index (χ0n) is 55.8. The number of ether oxygens (including phenoxy) is 1. The molecule has 1 atom stereocenters. The third-order valence-corrected chi connectivity index (χ3v) is 22.9. The van der Waals surface area contributed by atoms with E-state index in [9.17, 15) is 0 Å². The van der Waals surface area contributed by atoms with Crippen molar-refractivity contribution in [2.24, 2.45) is 0 Å². The molecule has 4 aliphatic rings. The molecule has 99 heavy (non-hydrogen) atoms. The van der Waals surface area contributed by atoms with Gasteiger partial charge in [-0.05, 0) is 215 Å². The SMILES string of the molecule is CC1(C)c2cc3c(cc2-c2cc4oc5cc(N(c6ccc(C7Cc8ccccc8O7)cc6)c6cccc7c6C(C)(C)c6ccc8ccccc8c6-7)ccc5c4cc21)oc1cc(N(c2ccc(-c4cc5ccccc5o4)cc2)c2cccc4c2C(C)(C)c2ccc5ccccc5c2-4)ccc13. The second-order valence-electron chi connectivity index (χ2n) is 29.4. The van der Waals surface area contributed by atoms with Crippen LogP contribution in [0.2, 0.25) is 0 Å². The van der Waals surface area contributed by atoms with Gasteiger partial charge >= 0.3 is 0 Å². The van der Waals surface area contributed by atoms with E-state index < -0.39 is 0 Å². The molecule has 0 saturated carbocycles. The fraction of sp³-hybridized carbons (Fsp3) is 0.118. The number of hydrogen-bond acceptors (Lipinski definition) is 6. The quantitative estimate of drug-likeness (QED) is 0.151. The van der Waals surface area contributed by atoms with Crippen LogP contribution in [0.5, 0.6) is 5.75 Å². The standard InChI is InChI=1S/C93H66N2O4/c1-91(2)75-49-71-65-41-39-61(94(59-35-29-55(30-36-59)81-45-57-19-9-13-27-79(57)96-81)77-25-15-23-67-87-63-21-11-7-17-53(63)33-43-73(87)92(3,4)89(67)77)47-83(65)98-85(71)51-69(75)70-52-86-72(50-76(70)91)66-42-40-62(48-84(66)99-86)95(60-37-31-56(32-38-60)82-46-58-20-10-14-28-80(58)97-82)78-26-16-24-68-88-64-22-12-8-18-54(64)34-44-74(88)93(5,6)90(68)78/h7-45,47-52,82H,46H2,1-6H3. The van der Waals surface area contributed by atoms with Crippen LogP contribution >= 0.6 is 0 Å².